The Balaban J connectivity index is 1.76. The fourth-order valence-corrected chi connectivity index (χ4v) is 5.29. The minimum absolute atomic E-state index is 0.154. The lowest BCUT2D eigenvalue weighted by molar-refractivity contribution is 0.102. The molecule has 0 aliphatic heterocycles. The largest absolute Gasteiger partial charge is 0.497 e. The first-order chi connectivity index (χ1) is 15.3. The van der Waals surface area contributed by atoms with Crippen molar-refractivity contribution in [1.29, 1.82) is 0 Å². The van der Waals surface area contributed by atoms with Crippen LogP contribution in [0, 0.1) is 0 Å². The molecule has 1 aromatic heterocycles. The molecule has 0 bridgehead atoms. The van der Waals surface area contributed by atoms with E-state index < -0.39 is 10.0 Å². The second-order valence-electron chi connectivity index (χ2n) is 6.67. The van der Waals surface area contributed by atoms with Crippen LogP contribution in [0.15, 0.2) is 52.7 Å². The van der Waals surface area contributed by atoms with Crippen LogP contribution in [0.4, 0.5) is 5.13 Å². The number of carbonyl (C=O) groups is 1. The number of rotatable bonds is 9. The lowest BCUT2D eigenvalue weighted by Gasteiger charge is -2.18. The first-order valence-corrected chi connectivity index (χ1v) is 12.3. The predicted octanol–water partition coefficient (Wildman–Crippen LogP) is 4.11. The maximum atomic E-state index is 12.6. The summed E-state index contributed by atoms with van der Waals surface area (Å²) >= 11 is 1.28. The number of nitrogens with zero attached hydrogens (tertiary/aromatic N) is 2. The van der Waals surface area contributed by atoms with E-state index >= 15 is 0 Å². The molecular formula is C22H25N3O5S2. The van der Waals surface area contributed by atoms with E-state index in [0.29, 0.717) is 41.0 Å². The van der Waals surface area contributed by atoms with Gasteiger partial charge in [0.25, 0.3) is 5.91 Å². The highest BCUT2D eigenvalue weighted by Crippen LogP contribution is 2.35. The summed E-state index contributed by atoms with van der Waals surface area (Å²) in [6.45, 7) is 4.33. The number of aromatic nitrogens is 1. The van der Waals surface area contributed by atoms with Crippen molar-refractivity contribution in [3.05, 3.63) is 53.4 Å². The van der Waals surface area contributed by atoms with E-state index in [1.807, 2.05) is 17.5 Å². The van der Waals surface area contributed by atoms with E-state index in [-0.39, 0.29) is 10.8 Å². The van der Waals surface area contributed by atoms with E-state index in [4.69, 9.17) is 9.47 Å². The SMILES string of the molecule is CCN(CC)S(=O)(=O)c1ccc(C(=O)Nc2nc(-c3ccc(OC)cc3OC)cs2)cc1. The Labute approximate surface area is 191 Å². The van der Waals surface area contributed by atoms with E-state index in [0.717, 1.165) is 5.56 Å². The summed E-state index contributed by atoms with van der Waals surface area (Å²) in [5.41, 5.74) is 1.77. The number of methoxy groups -OCH3 is 2. The monoisotopic (exact) mass is 475 g/mol. The van der Waals surface area contributed by atoms with E-state index in [1.54, 1.807) is 34.1 Å². The quantitative estimate of drug-likeness (QED) is 0.500. The van der Waals surface area contributed by atoms with Gasteiger partial charge in [-0.1, -0.05) is 13.8 Å². The van der Waals surface area contributed by atoms with Gasteiger partial charge in [0.2, 0.25) is 10.0 Å². The van der Waals surface area contributed by atoms with Crippen LogP contribution in [0.25, 0.3) is 11.3 Å². The molecule has 2 aromatic carbocycles. The number of nitrogens with one attached hydrogen (secondary N) is 1. The second kappa shape index (κ2) is 10.1. The standard InChI is InChI=1S/C22H25N3O5S2/c1-5-25(6-2)32(27,28)17-10-7-15(8-11-17)21(26)24-22-23-19(14-31-22)18-12-9-16(29-3)13-20(18)30-4/h7-14H,5-6H2,1-4H3,(H,23,24,26). The third kappa shape index (κ3) is 4.93. The number of carbonyl (C=O) groups excluding carboxylic acids is 1. The molecule has 0 spiro atoms. The van der Waals surface area contributed by atoms with Crippen molar-refractivity contribution in [1.82, 2.24) is 9.29 Å². The average molecular weight is 476 g/mol. The number of ether oxygens (including phenoxy) is 2. The third-order valence-electron chi connectivity index (χ3n) is 4.87. The molecule has 0 saturated carbocycles. The van der Waals surface area contributed by atoms with Crippen molar-refractivity contribution in [2.24, 2.45) is 0 Å². The molecular weight excluding hydrogens is 450 g/mol. The van der Waals surface area contributed by atoms with Crippen molar-refractivity contribution in [2.45, 2.75) is 18.7 Å². The number of benzene rings is 2. The van der Waals surface area contributed by atoms with Crippen LogP contribution < -0.4 is 14.8 Å². The molecule has 8 nitrogen and oxygen atoms in total. The number of amides is 1. The Morgan fingerprint density at radius 2 is 1.75 bits per heavy atom. The number of sulfonamides is 1. The smallest absolute Gasteiger partial charge is 0.257 e. The molecule has 0 radical (unpaired) electrons. The molecule has 0 saturated heterocycles. The molecule has 1 N–H and O–H groups in total. The Hall–Kier alpha value is -2.95. The zero-order chi connectivity index (χ0) is 23.3. The van der Waals surface area contributed by atoms with Gasteiger partial charge >= 0.3 is 0 Å². The molecule has 0 unspecified atom stereocenters. The summed E-state index contributed by atoms with van der Waals surface area (Å²) in [5, 5.41) is 4.99. The Morgan fingerprint density at radius 3 is 2.34 bits per heavy atom. The van der Waals surface area contributed by atoms with Crippen LogP contribution in [0.3, 0.4) is 0 Å². The molecule has 0 aliphatic rings. The Kier molecular flexibility index (Phi) is 7.49. The minimum Gasteiger partial charge on any atom is -0.497 e. The van der Waals surface area contributed by atoms with Gasteiger partial charge in [0.1, 0.15) is 11.5 Å². The molecule has 0 aliphatic carbocycles. The molecule has 1 amide bonds. The van der Waals surface area contributed by atoms with Gasteiger partial charge in [-0.05, 0) is 36.4 Å². The summed E-state index contributed by atoms with van der Waals surface area (Å²) in [5.74, 6) is 0.901. The number of anilines is 1. The van der Waals surface area contributed by atoms with Crippen LogP contribution in [-0.4, -0.2) is 50.9 Å². The van der Waals surface area contributed by atoms with Crippen molar-refractivity contribution in [3.63, 3.8) is 0 Å². The van der Waals surface area contributed by atoms with Crippen molar-refractivity contribution < 1.29 is 22.7 Å². The van der Waals surface area contributed by atoms with Gasteiger partial charge in [0.15, 0.2) is 5.13 Å². The minimum atomic E-state index is -3.57. The highest BCUT2D eigenvalue weighted by atomic mass is 32.2. The molecule has 10 heteroatoms. The zero-order valence-electron chi connectivity index (χ0n) is 18.3. The van der Waals surface area contributed by atoms with Crippen LogP contribution in [0.5, 0.6) is 11.5 Å². The van der Waals surface area contributed by atoms with Gasteiger partial charge in [-0.3, -0.25) is 10.1 Å². The van der Waals surface area contributed by atoms with E-state index in [1.165, 1.54) is 39.9 Å². The summed E-state index contributed by atoms with van der Waals surface area (Å²) < 4.78 is 37.2. The zero-order valence-corrected chi connectivity index (χ0v) is 19.9. The predicted molar refractivity (Wildman–Crippen MR) is 125 cm³/mol. The maximum absolute atomic E-state index is 12.6. The lowest BCUT2D eigenvalue weighted by Crippen LogP contribution is -2.30. The van der Waals surface area contributed by atoms with Gasteiger partial charge in [-0.15, -0.1) is 11.3 Å². The highest BCUT2D eigenvalue weighted by Gasteiger charge is 2.22. The maximum Gasteiger partial charge on any atom is 0.257 e. The van der Waals surface area contributed by atoms with Gasteiger partial charge in [-0.2, -0.15) is 4.31 Å². The molecule has 170 valence electrons. The van der Waals surface area contributed by atoms with Crippen molar-refractivity contribution >= 4 is 32.4 Å². The van der Waals surface area contributed by atoms with Gasteiger partial charge in [0.05, 0.1) is 24.8 Å². The highest BCUT2D eigenvalue weighted by molar-refractivity contribution is 7.89. The number of thiazole rings is 1. The molecule has 0 fully saturated rings. The van der Waals surface area contributed by atoms with E-state index in [9.17, 15) is 13.2 Å². The lowest BCUT2D eigenvalue weighted by atomic mass is 10.1. The summed E-state index contributed by atoms with van der Waals surface area (Å²) in [7, 11) is -0.424. The topological polar surface area (TPSA) is 97.8 Å². The molecule has 3 rings (SSSR count). The normalized spacial score (nSPS) is 11.4. The second-order valence-corrected chi connectivity index (χ2v) is 9.47. The van der Waals surface area contributed by atoms with Gasteiger partial charge in [-0.25, -0.2) is 13.4 Å². The van der Waals surface area contributed by atoms with Crippen molar-refractivity contribution in [2.75, 3.05) is 32.6 Å². The fourth-order valence-electron chi connectivity index (χ4n) is 3.13. The molecule has 32 heavy (non-hydrogen) atoms. The molecule has 1 heterocycles. The molecule has 0 atom stereocenters. The van der Waals surface area contributed by atoms with Gasteiger partial charge < -0.3 is 9.47 Å². The van der Waals surface area contributed by atoms with Crippen LogP contribution in [-0.2, 0) is 10.0 Å². The number of hydrogen-bond donors (Lipinski definition) is 1. The first-order valence-electron chi connectivity index (χ1n) is 9.93. The summed E-state index contributed by atoms with van der Waals surface area (Å²) in [6, 6.07) is 11.3. The Morgan fingerprint density at radius 1 is 1.06 bits per heavy atom. The first kappa shape index (κ1) is 23.7. The Bertz CT molecular complexity index is 1190. The summed E-state index contributed by atoms with van der Waals surface area (Å²) in [4.78, 5) is 17.3. The van der Waals surface area contributed by atoms with Crippen LogP contribution >= 0.6 is 11.3 Å². The van der Waals surface area contributed by atoms with E-state index in [2.05, 4.69) is 10.3 Å². The van der Waals surface area contributed by atoms with Crippen molar-refractivity contribution in [3.8, 4) is 22.8 Å². The van der Waals surface area contributed by atoms with Gasteiger partial charge in [0, 0.05) is 35.7 Å². The number of hydrogen-bond acceptors (Lipinski definition) is 7. The van der Waals surface area contributed by atoms with Crippen LogP contribution in [0.1, 0.15) is 24.2 Å². The molecule has 3 aromatic rings. The third-order valence-corrected chi connectivity index (χ3v) is 7.69. The summed E-state index contributed by atoms with van der Waals surface area (Å²) in [6.07, 6.45) is 0. The fraction of sp³-hybridized carbons (Fsp3) is 0.273. The average Bonchev–Trinajstić information content (AvgIpc) is 3.27. The van der Waals surface area contributed by atoms with Crippen LogP contribution in [0.2, 0.25) is 0 Å².